The Bertz CT molecular complexity index is 394. The van der Waals surface area contributed by atoms with Gasteiger partial charge >= 0.3 is 5.97 Å². The van der Waals surface area contributed by atoms with Crippen LogP contribution in [-0.4, -0.2) is 16.8 Å². The third-order valence-corrected chi connectivity index (χ3v) is 2.33. The number of carboxylic acid groups (broad SMARTS) is 1. The molecule has 0 bridgehead atoms. The molecule has 0 saturated carbocycles. The molecule has 4 nitrogen and oxygen atoms in total. The number of anilines is 1. The highest BCUT2D eigenvalue weighted by Crippen LogP contribution is 2.10. The van der Waals surface area contributed by atoms with Crippen molar-refractivity contribution in [2.24, 2.45) is 11.0 Å². The zero-order valence-corrected chi connectivity index (χ0v) is 9.69. The molecule has 0 fully saturated rings. The summed E-state index contributed by atoms with van der Waals surface area (Å²) in [5.41, 5.74) is 4.94. The molecule has 0 unspecified atom stereocenters. The number of hydrogen-bond donors (Lipinski definition) is 2. The highest BCUT2D eigenvalue weighted by molar-refractivity contribution is 5.88. The maximum absolute atomic E-state index is 10.6. The Morgan fingerprint density at radius 2 is 1.88 bits per heavy atom. The number of carboxylic acids is 1. The van der Waals surface area contributed by atoms with Crippen molar-refractivity contribution in [1.82, 2.24) is 0 Å². The van der Waals surface area contributed by atoms with Crippen LogP contribution in [0.3, 0.4) is 0 Å². The molecule has 0 aliphatic heterocycles. The molecule has 1 aromatic rings. The Morgan fingerprint density at radius 1 is 1.31 bits per heavy atom. The number of nitrogens with zero attached hydrogens (tertiary/aromatic N) is 1. The number of hydrogen-bond acceptors (Lipinski definition) is 3. The number of hydrazone groups is 1. The molecule has 0 aliphatic rings. The van der Waals surface area contributed by atoms with E-state index in [-0.39, 0.29) is 5.56 Å². The van der Waals surface area contributed by atoms with Crippen LogP contribution in [0.2, 0.25) is 0 Å². The highest BCUT2D eigenvalue weighted by Gasteiger charge is 2.01. The van der Waals surface area contributed by atoms with Crippen LogP contribution in [0, 0.1) is 5.92 Å². The summed E-state index contributed by atoms with van der Waals surface area (Å²) >= 11 is 0. The minimum absolute atomic E-state index is 0.273. The van der Waals surface area contributed by atoms with Gasteiger partial charge in [0.05, 0.1) is 11.3 Å². The van der Waals surface area contributed by atoms with Gasteiger partial charge in [-0.3, -0.25) is 5.43 Å². The normalized spacial score (nSPS) is 11.6. The van der Waals surface area contributed by atoms with E-state index in [1.807, 2.05) is 6.92 Å². The Labute approximate surface area is 95.0 Å². The number of carbonyl (C=O) groups is 1. The summed E-state index contributed by atoms with van der Waals surface area (Å²) in [6.45, 7) is 6.07. The molecule has 1 aromatic carbocycles. The quantitative estimate of drug-likeness (QED) is 0.605. The van der Waals surface area contributed by atoms with Gasteiger partial charge in [0.1, 0.15) is 0 Å². The minimum atomic E-state index is -0.923. The molecule has 16 heavy (non-hydrogen) atoms. The second-order valence-electron chi connectivity index (χ2n) is 3.90. The fourth-order valence-corrected chi connectivity index (χ4v) is 0.969. The van der Waals surface area contributed by atoms with Crippen LogP contribution in [-0.2, 0) is 0 Å². The van der Waals surface area contributed by atoms with Crippen molar-refractivity contribution in [3.8, 4) is 0 Å². The summed E-state index contributed by atoms with van der Waals surface area (Å²) < 4.78 is 0. The van der Waals surface area contributed by atoms with E-state index >= 15 is 0 Å². The van der Waals surface area contributed by atoms with Crippen LogP contribution < -0.4 is 5.43 Å². The molecule has 4 heteroatoms. The van der Waals surface area contributed by atoms with E-state index in [1.165, 1.54) is 0 Å². The van der Waals surface area contributed by atoms with E-state index in [0.717, 1.165) is 11.4 Å². The molecule has 0 heterocycles. The molecular weight excluding hydrogens is 204 g/mol. The number of aromatic carboxylic acids is 1. The van der Waals surface area contributed by atoms with Gasteiger partial charge in [-0.15, -0.1) is 0 Å². The van der Waals surface area contributed by atoms with Gasteiger partial charge < -0.3 is 5.11 Å². The summed E-state index contributed by atoms with van der Waals surface area (Å²) in [7, 11) is 0. The largest absolute Gasteiger partial charge is 0.478 e. The lowest BCUT2D eigenvalue weighted by molar-refractivity contribution is 0.0697. The maximum atomic E-state index is 10.6. The Kier molecular flexibility index (Phi) is 4.05. The first-order valence-electron chi connectivity index (χ1n) is 5.14. The smallest absolute Gasteiger partial charge is 0.335 e. The first-order chi connectivity index (χ1) is 7.50. The first-order valence-corrected chi connectivity index (χ1v) is 5.14. The van der Waals surface area contributed by atoms with Crippen molar-refractivity contribution in [2.45, 2.75) is 20.8 Å². The maximum Gasteiger partial charge on any atom is 0.335 e. The second kappa shape index (κ2) is 5.30. The lowest BCUT2D eigenvalue weighted by atomic mass is 10.1. The van der Waals surface area contributed by atoms with Crippen LogP contribution in [0.5, 0.6) is 0 Å². The molecule has 1 rings (SSSR count). The molecule has 0 saturated heterocycles. The van der Waals surface area contributed by atoms with Crippen molar-refractivity contribution in [1.29, 1.82) is 0 Å². The van der Waals surface area contributed by atoms with E-state index in [9.17, 15) is 4.79 Å². The van der Waals surface area contributed by atoms with Gasteiger partial charge in [0.2, 0.25) is 0 Å². The zero-order valence-electron chi connectivity index (χ0n) is 9.69. The highest BCUT2D eigenvalue weighted by atomic mass is 16.4. The van der Waals surface area contributed by atoms with E-state index < -0.39 is 5.97 Å². The predicted molar refractivity (Wildman–Crippen MR) is 65.0 cm³/mol. The fraction of sp³-hybridized carbons (Fsp3) is 0.333. The Hall–Kier alpha value is -1.84. The first kappa shape index (κ1) is 12.2. The monoisotopic (exact) mass is 220 g/mol. The molecule has 2 N–H and O–H groups in total. The minimum Gasteiger partial charge on any atom is -0.478 e. The summed E-state index contributed by atoms with van der Waals surface area (Å²) in [6, 6.07) is 6.48. The van der Waals surface area contributed by atoms with Gasteiger partial charge in [-0.05, 0) is 37.1 Å². The van der Waals surface area contributed by atoms with Crippen molar-refractivity contribution >= 4 is 17.4 Å². The second-order valence-corrected chi connectivity index (χ2v) is 3.90. The van der Waals surface area contributed by atoms with Crippen molar-refractivity contribution in [3.05, 3.63) is 29.8 Å². The summed E-state index contributed by atoms with van der Waals surface area (Å²) in [4.78, 5) is 10.6. The molecule has 0 amide bonds. The number of nitrogens with one attached hydrogen (secondary N) is 1. The van der Waals surface area contributed by atoms with Crippen LogP contribution in [0.25, 0.3) is 0 Å². The fourth-order valence-electron chi connectivity index (χ4n) is 0.969. The summed E-state index contributed by atoms with van der Waals surface area (Å²) in [5, 5.41) is 12.9. The molecule has 86 valence electrons. The average molecular weight is 220 g/mol. The van der Waals surface area contributed by atoms with Crippen molar-refractivity contribution in [2.75, 3.05) is 5.43 Å². The standard InChI is InChI=1S/C12H16N2O2/c1-8(2)9(3)13-14-11-6-4-10(5-7-11)12(15)16/h4-8,14H,1-3H3,(H,15,16)/b13-9+. The van der Waals surface area contributed by atoms with Gasteiger partial charge in [-0.2, -0.15) is 5.10 Å². The number of rotatable bonds is 4. The van der Waals surface area contributed by atoms with Gasteiger partial charge in [0, 0.05) is 5.71 Å². The Balaban J connectivity index is 2.69. The molecule has 0 atom stereocenters. The summed E-state index contributed by atoms with van der Waals surface area (Å²) in [6.07, 6.45) is 0. The molecule has 0 radical (unpaired) electrons. The predicted octanol–water partition coefficient (Wildman–Crippen LogP) is 2.83. The van der Waals surface area contributed by atoms with E-state index in [4.69, 9.17) is 5.11 Å². The van der Waals surface area contributed by atoms with Crippen molar-refractivity contribution in [3.63, 3.8) is 0 Å². The van der Waals surface area contributed by atoms with Crippen LogP contribution >= 0.6 is 0 Å². The summed E-state index contributed by atoms with van der Waals surface area (Å²) in [5.74, 6) is -0.529. The third-order valence-electron chi connectivity index (χ3n) is 2.33. The van der Waals surface area contributed by atoms with E-state index in [2.05, 4.69) is 24.4 Å². The molecule has 0 aromatic heterocycles. The number of benzene rings is 1. The topological polar surface area (TPSA) is 61.7 Å². The lowest BCUT2D eigenvalue weighted by Gasteiger charge is -2.05. The lowest BCUT2D eigenvalue weighted by Crippen LogP contribution is -2.05. The Morgan fingerprint density at radius 3 is 2.31 bits per heavy atom. The molecule has 0 aliphatic carbocycles. The SMILES string of the molecule is C/C(=N\Nc1ccc(C(=O)O)cc1)C(C)C. The van der Waals surface area contributed by atoms with Crippen LogP contribution in [0.15, 0.2) is 29.4 Å². The van der Waals surface area contributed by atoms with Crippen molar-refractivity contribution < 1.29 is 9.90 Å². The van der Waals surface area contributed by atoms with E-state index in [1.54, 1.807) is 24.3 Å². The third kappa shape index (κ3) is 3.38. The van der Waals surface area contributed by atoms with Crippen LogP contribution in [0.4, 0.5) is 5.69 Å². The van der Waals surface area contributed by atoms with Gasteiger partial charge in [-0.25, -0.2) is 4.79 Å². The van der Waals surface area contributed by atoms with Gasteiger partial charge in [0.25, 0.3) is 0 Å². The zero-order chi connectivity index (χ0) is 12.1. The molecule has 0 spiro atoms. The molecular formula is C12H16N2O2. The van der Waals surface area contributed by atoms with Gasteiger partial charge in [-0.1, -0.05) is 13.8 Å². The van der Waals surface area contributed by atoms with Gasteiger partial charge in [0.15, 0.2) is 0 Å². The van der Waals surface area contributed by atoms with E-state index in [0.29, 0.717) is 5.92 Å². The van der Waals surface area contributed by atoms with Crippen LogP contribution in [0.1, 0.15) is 31.1 Å². The average Bonchev–Trinajstić information content (AvgIpc) is 2.26.